The number of hydrogen-bond acceptors (Lipinski definition) is 3. The zero-order chi connectivity index (χ0) is 12.8. The van der Waals surface area contributed by atoms with Crippen molar-refractivity contribution in [3.63, 3.8) is 0 Å². The SMILES string of the molecule is CCCS(=O)(=O)NCC(C)(O)CCC(C)C. The minimum absolute atomic E-state index is 0.0993. The van der Waals surface area contributed by atoms with Crippen molar-refractivity contribution in [1.29, 1.82) is 0 Å². The summed E-state index contributed by atoms with van der Waals surface area (Å²) in [5.41, 5.74) is -0.953. The van der Waals surface area contributed by atoms with E-state index < -0.39 is 15.6 Å². The van der Waals surface area contributed by atoms with Gasteiger partial charge in [-0.1, -0.05) is 20.8 Å². The molecule has 0 amide bonds. The van der Waals surface area contributed by atoms with Gasteiger partial charge in [-0.15, -0.1) is 0 Å². The molecule has 0 radical (unpaired) electrons. The van der Waals surface area contributed by atoms with E-state index in [9.17, 15) is 13.5 Å². The molecule has 0 rings (SSSR count). The van der Waals surface area contributed by atoms with E-state index in [1.54, 1.807) is 6.92 Å². The predicted molar refractivity (Wildman–Crippen MR) is 66.8 cm³/mol. The standard InChI is InChI=1S/C11H25NO3S/c1-5-8-16(14,15)12-9-11(4,13)7-6-10(2)3/h10,12-13H,5-9H2,1-4H3. The second-order valence-electron chi connectivity index (χ2n) is 5.07. The van der Waals surface area contributed by atoms with E-state index in [1.165, 1.54) is 0 Å². The van der Waals surface area contributed by atoms with E-state index in [2.05, 4.69) is 18.6 Å². The molecule has 0 saturated heterocycles. The maximum absolute atomic E-state index is 11.4. The van der Waals surface area contributed by atoms with Crippen LogP contribution in [0.15, 0.2) is 0 Å². The molecule has 0 aromatic carbocycles. The summed E-state index contributed by atoms with van der Waals surface area (Å²) in [6.07, 6.45) is 2.09. The summed E-state index contributed by atoms with van der Waals surface area (Å²) >= 11 is 0. The van der Waals surface area contributed by atoms with Gasteiger partial charge in [-0.05, 0) is 32.1 Å². The monoisotopic (exact) mass is 251 g/mol. The van der Waals surface area contributed by atoms with E-state index in [-0.39, 0.29) is 12.3 Å². The average molecular weight is 251 g/mol. The number of hydrogen-bond donors (Lipinski definition) is 2. The topological polar surface area (TPSA) is 66.4 Å². The normalized spacial score (nSPS) is 16.4. The van der Waals surface area contributed by atoms with Crippen LogP contribution in [0.2, 0.25) is 0 Å². The Kier molecular flexibility index (Phi) is 6.51. The van der Waals surface area contributed by atoms with Crippen LogP contribution in [0.25, 0.3) is 0 Å². The Morgan fingerprint density at radius 2 is 1.94 bits per heavy atom. The molecule has 4 nitrogen and oxygen atoms in total. The van der Waals surface area contributed by atoms with Gasteiger partial charge in [-0.2, -0.15) is 0 Å². The van der Waals surface area contributed by atoms with Crippen LogP contribution in [0.4, 0.5) is 0 Å². The Morgan fingerprint density at radius 1 is 1.38 bits per heavy atom. The minimum Gasteiger partial charge on any atom is -0.389 e. The fourth-order valence-electron chi connectivity index (χ4n) is 1.29. The summed E-state index contributed by atoms with van der Waals surface area (Å²) in [6, 6.07) is 0. The summed E-state index contributed by atoms with van der Waals surface area (Å²) in [4.78, 5) is 0. The second-order valence-corrected chi connectivity index (χ2v) is 7.00. The molecule has 0 aliphatic rings. The van der Waals surface area contributed by atoms with E-state index in [0.717, 1.165) is 6.42 Å². The zero-order valence-electron chi connectivity index (χ0n) is 10.8. The molecule has 0 saturated carbocycles. The Morgan fingerprint density at radius 3 is 2.38 bits per heavy atom. The Balaban J connectivity index is 4.07. The van der Waals surface area contributed by atoms with Gasteiger partial charge in [-0.3, -0.25) is 0 Å². The average Bonchev–Trinajstić information content (AvgIpc) is 2.13. The minimum atomic E-state index is -3.21. The van der Waals surface area contributed by atoms with Crippen molar-refractivity contribution < 1.29 is 13.5 Å². The van der Waals surface area contributed by atoms with Gasteiger partial charge in [0.2, 0.25) is 10.0 Å². The summed E-state index contributed by atoms with van der Waals surface area (Å²) in [7, 11) is -3.21. The van der Waals surface area contributed by atoms with Crippen LogP contribution in [-0.2, 0) is 10.0 Å². The van der Waals surface area contributed by atoms with Gasteiger partial charge in [0.15, 0.2) is 0 Å². The first-order valence-electron chi connectivity index (χ1n) is 5.88. The van der Waals surface area contributed by atoms with Crippen molar-refractivity contribution in [3.05, 3.63) is 0 Å². The summed E-state index contributed by atoms with van der Waals surface area (Å²) in [5, 5.41) is 9.97. The van der Waals surface area contributed by atoms with Crippen molar-refractivity contribution in [2.75, 3.05) is 12.3 Å². The van der Waals surface area contributed by atoms with Crippen molar-refractivity contribution in [2.45, 2.75) is 52.6 Å². The fourth-order valence-corrected chi connectivity index (χ4v) is 2.51. The zero-order valence-corrected chi connectivity index (χ0v) is 11.6. The fraction of sp³-hybridized carbons (Fsp3) is 1.00. The quantitative estimate of drug-likeness (QED) is 0.687. The van der Waals surface area contributed by atoms with Gasteiger partial charge < -0.3 is 5.11 Å². The van der Waals surface area contributed by atoms with E-state index in [0.29, 0.717) is 18.8 Å². The highest BCUT2D eigenvalue weighted by Crippen LogP contribution is 2.15. The van der Waals surface area contributed by atoms with Crippen LogP contribution in [0.1, 0.15) is 47.0 Å². The molecule has 0 fully saturated rings. The van der Waals surface area contributed by atoms with Crippen LogP contribution in [0.5, 0.6) is 0 Å². The summed E-state index contributed by atoms with van der Waals surface area (Å²) in [5.74, 6) is 0.631. The first-order chi connectivity index (χ1) is 7.18. The Bertz CT molecular complexity index is 284. The molecule has 0 aromatic rings. The molecule has 0 aliphatic carbocycles. The predicted octanol–water partition coefficient (Wildman–Crippen LogP) is 1.50. The van der Waals surface area contributed by atoms with Gasteiger partial charge in [0.05, 0.1) is 11.4 Å². The summed E-state index contributed by atoms with van der Waals surface area (Å²) in [6.45, 7) is 7.75. The Hall–Kier alpha value is -0.130. The molecule has 1 unspecified atom stereocenters. The van der Waals surface area contributed by atoms with Crippen molar-refractivity contribution in [1.82, 2.24) is 4.72 Å². The molecule has 16 heavy (non-hydrogen) atoms. The lowest BCUT2D eigenvalue weighted by Gasteiger charge is -2.24. The third-order valence-electron chi connectivity index (χ3n) is 2.41. The van der Waals surface area contributed by atoms with Crippen molar-refractivity contribution in [2.24, 2.45) is 5.92 Å². The number of nitrogens with one attached hydrogen (secondary N) is 1. The second kappa shape index (κ2) is 6.57. The molecule has 0 bridgehead atoms. The Labute approximate surface area is 99.5 Å². The number of rotatable bonds is 8. The van der Waals surface area contributed by atoms with Gasteiger partial charge in [0.25, 0.3) is 0 Å². The largest absolute Gasteiger partial charge is 0.389 e. The molecule has 0 heterocycles. The molecular weight excluding hydrogens is 226 g/mol. The maximum Gasteiger partial charge on any atom is 0.211 e. The van der Waals surface area contributed by atoms with Gasteiger partial charge in [-0.25, -0.2) is 13.1 Å². The molecule has 0 spiro atoms. The first kappa shape index (κ1) is 15.9. The molecule has 5 heteroatoms. The third kappa shape index (κ3) is 8.07. The maximum atomic E-state index is 11.4. The lowest BCUT2D eigenvalue weighted by molar-refractivity contribution is 0.0506. The van der Waals surface area contributed by atoms with Crippen molar-refractivity contribution in [3.8, 4) is 0 Å². The number of aliphatic hydroxyl groups is 1. The number of sulfonamides is 1. The van der Waals surface area contributed by atoms with Gasteiger partial charge >= 0.3 is 0 Å². The van der Waals surface area contributed by atoms with Crippen LogP contribution in [0.3, 0.4) is 0 Å². The highest BCUT2D eigenvalue weighted by atomic mass is 32.2. The van der Waals surface area contributed by atoms with Crippen LogP contribution >= 0.6 is 0 Å². The lowest BCUT2D eigenvalue weighted by atomic mass is 9.96. The smallest absolute Gasteiger partial charge is 0.211 e. The molecule has 2 N–H and O–H groups in total. The van der Waals surface area contributed by atoms with Crippen LogP contribution in [-0.4, -0.2) is 31.4 Å². The van der Waals surface area contributed by atoms with Crippen LogP contribution in [0, 0.1) is 5.92 Å². The highest BCUT2D eigenvalue weighted by Gasteiger charge is 2.22. The van der Waals surface area contributed by atoms with E-state index >= 15 is 0 Å². The van der Waals surface area contributed by atoms with E-state index in [1.807, 2.05) is 6.92 Å². The van der Waals surface area contributed by atoms with Crippen LogP contribution < -0.4 is 4.72 Å². The highest BCUT2D eigenvalue weighted by molar-refractivity contribution is 7.89. The molecule has 0 aromatic heterocycles. The lowest BCUT2D eigenvalue weighted by Crippen LogP contribution is -2.41. The molecule has 1 atom stereocenters. The molecule has 98 valence electrons. The van der Waals surface area contributed by atoms with Gasteiger partial charge in [0.1, 0.15) is 0 Å². The van der Waals surface area contributed by atoms with Crippen molar-refractivity contribution >= 4 is 10.0 Å². The first-order valence-corrected chi connectivity index (χ1v) is 7.53. The summed E-state index contributed by atoms with van der Waals surface area (Å²) < 4.78 is 25.2. The molecule has 0 aliphatic heterocycles. The van der Waals surface area contributed by atoms with E-state index in [4.69, 9.17) is 0 Å². The molecular formula is C11H25NO3S. The third-order valence-corrected chi connectivity index (χ3v) is 3.94. The van der Waals surface area contributed by atoms with Gasteiger partial charge in [0, 0.05) is 6.54 Å².